The number of hydrogen-bond acceptors (Lipinski definition) is 4. The molecule has 0 saturated heterocycles. The number of nitrogens with one attached hydrogen (secondary N) is 1. The fraction of sp³-hybridized carbons (Fsp3) is 0.188. The molecule has 0 bridgehead atoms. The first-order valence-corrected chi connectivity index (χ1v) is 6.45. The van der Waals surface area contributed by atoms with E-state index in [9.17, 15) is 10.1 Å². The van der Waals surface area contributed by atoms with Crippen molar-refractivity contribution in [2.75, 3.05) is 5.32 Å². The van der Waals surface area contributed by atoms with Crippen molar-refractivity contribution in [1.82, 2.24) is 4.98 Å². The van der Waals surface area contributed by atoms with Gasteiger partial charge in [-0.05, 0) is 37.6 Å². The molecule has 0 unspecified atom stereocenters. The molecule has 106 valence electrons. The highest BCUT2D eigenvalue weighted by Gasteiger charge is 2.08. The Morgan fingerprint density at radius 3 is 2.57 bits per heavy atom. The van der Waals surface area contributed by atoms with Gasteiger partial charge in [-0.1, -0.05) is 12.1 Å². The van der Waals surface area contributed by atoms with Gasteiger partial charge in [-0.2, -0.15) is 5.26 Å². The van der Waals surface area contributed by atoms with Crippen LogP contribution in [0.5, 0.6) is 0 Å². The number of aromatic nitrogens is 1. The SMILES string of the molecule is Cc1cc(NCc2ccc(C(=O)O)cc2)c(C#N)c(C)n1. The van der Waals surface area contributed by atoms with Crippen LogP contribution in [0.1, 0.15) is 32.9 Å². The van der Waals surface area contributed by atoms with Crippen LogP contribution in [0.4, 0.5) is 5.69 Å². The molecule has 21 heavy (non-hydrogen) atoms. The Morgan fingerprint density at radius 1 is 1.33 bits per heavy atom. The molecule has 1 heterocycles. The van der Waals surface area contributed by atoms with E-state index in [4.69, 9.17) is 5.11 Å². The van der Waals surface area contributed by atoms with Gasteiger partial charge in [-0.25, -0.2) is 4.79 Å². The Morgan fingerprint density at radius 2 is 2.00 bits per heavy atom. The second-order valence-electron chi connectivity index (χ2n) is 4.74. The normalized spacial score (nSPS) is 9.95. The Kier molecular flexibility index (Phi) is 4.19. The molecule has 5 heteroatoms. The van der Waals surface area contributed by atoms with Gasteiger partial charge in [-0.3, -0.25) is 4.98 Å². The Hall–Kier alpha value is -2.87. The number of aromatic carboxylic acids is 1. The van der Waals surface area contributed by atoms with E-state index >= 15 is 0 Å². The summed E-state index contributed by atoms with van der Waals surface area (Å²) < 4.78 is 0. The maximum absolute atomic E-state index is 10.8. The molecule has 2 rings (SSSR count). The number of nitriles is 1. The number of carboxylic acids is 1. The summed E-state index contributed by atoms with van der Waals surface area (Å²) in [5, 5.41) is 21.2. The Balaban J connectivity index is 2.17. The summed E-state index contributed by atoms with van der Waals surface area (Å²) in [5.74, 6) is -0.943. The second kappa shape index (κ2) is 6.06. The summed E-state index contributed by atoms with van der Waals surface area (Å²) in [4.78, 5) is 15.1. The molecule has 0 aliphatic carbocycles. The van der Waals surface area contributed by atoms with E-state index in [0.29, 0.717) is 17.8 Å². The zero-order valence-electron chi connectivity index (χ0n) is 11.8. The van der Waals surface area contributed by atoms with Gasteiger partial charge in [0.05, 0.1) is 22.5 Å². The molecule has 0 amide bonds. The average molecular weight is 281 g/mol. The van der Waals surface area contributed by atoms with Crippen molar-refractivity contribution in [1.29, 1.82) is 5.26 Å². The maximum Gasteiger partial charge on any atom is 0.335 e. The summed E-state index contributed by atoms with van der Waals surface area (Å²) in [7, 11) is 0. The third kappa shape index (κ3) is 3.37. The second-order valence-corrected chi connectivity index (χ2v) is 4.74. The highest BCUT2D eigenvalue weighted by atomic mass is 16.4. The van der Waals surface area contributed by atoms with Crippen LogP contribution >= 0.6 is 0 Å². The number of pyridine rings is 1. The molecule has 1 aromatic carbocycles. The van der Waals surface area contributed by atoms with Crippen LogP contribution in [0.15, 0.2) is 30.3 Å². The number of carbonyl (C=O) groups is 1. The van der Waals surface area contributed by atoms with E-state index in [1.807, 2.05) is 13.0 Å². The van der Waals surface area contributed by atoms with Crippen LogP contribution in [-0.2, 0) is 6.54 Å². The summed E-state index contributed by atoms with van der Waals surface area (Å²) in [6.45, 7) is 4.19. The van der Waals surface area contributed by atoms with Crippen LogP contribution < -0.4 is 5.32 Å². The highest BCUT2D eigenvalue weighted by Crippen LogP contribution is 2.19. The monoisotopic (exact) mass is 281 g/mol. The molecule has 0 aliphatic heterocycles. The number of nitrogens with zero attached hydrogens (tertiary/aromatic N) is 2. The van der Waals surface area contributed by atoms with Crippen LogP contribution in [0.3, 0.4) is 0 Å². The Labute approximate surface area is 122 Å². The fourth-order valence-electron chi connectivity index (χ4n) is 2.07. The first-order chi connectivity index (χ1) is 10.0. The summed E-state index contributed by atoms with van der Waals surface area (Å²) in [6.07, 6.45) is 0. The molecular formula is C16H15N3O2. The van der Waals surface area contributed by atoms with E-state index in [1.54, 1.807) is 31.2 Å². The van der Waals surface area contributed by atoms with Gasteiger partial charge < -0.3 is 10.4 Å². The molecule has 0 radical (unpaired) electrons. The number of benzene rings is 1. The summed E-state index contributed by atoms with van der Waals surface area (Å²) in [6, 6.07) is 10.6. The molecule has 0 spiro atoms. The van der Waals surface area contributed by atoms with E-state index in [0.717, 1.165) is 16.9 Å². The largest absolute Gasteiger partial charge is 0.478 e. The lowest BCUT2D eigenvalue weighted by Gasteiger charge is -2.11. The van der Waals surface area contributed by atoms with Crippen LogP contribution in [0.2, 0.25) is 0 Å². The van der Waals surface area contributed by atoms with Gasteiger partial charge in [-0.15, -0.1) is 0 Å². The third-order valence-electron chi connectivity index (χ3n) is 3.12. The van der Waals surface area contributed by atoms with Gasteiger partial charge in [0.15, 0.2) is 0 Å². The lowest BCUT2D eigenvalue weighted by molar-refractivity contribution is 0.0697. The molecule has 2 N–H and O–H groups in total. The predicted octanol–water partition coefficient (Wildman–Crippen LogP) is 2.88. The van der Waals surface area contributed by atoms with Crippen molar-refractivity contribution in [3.63, 3.8) is 0 Å². The molecule has 0 atom stereocenters. The topological polar surface area (TPSA) is 86.0 Å². The molecular weight excluding hydrogens is 266 g/mol. The number of aryl methyl sites for hydroxylation is 2. The number of anilines is 1. The standard InChI is InChI=1S/C16H15N3O2/c1-10-7-15(14(8-17)11(2)19-10)18-9-12-3-5-13(6-4-12)16(20)21/h3-7H,9H2,1-2H3,(H,18,19)(H,20,21). The quantitative estimate of drug-likeness (QED) is 0.900. The highest BCUT2D eigenvalue weighted by molar-refractivity contribution is 5.87. The van der Waals surface area contributed by atoms with Gasteiger partial charge in [0.25, 0.3) is 0 Å². The van der Waals surface area contributed by atoms with Gasteiger partial charge >= 0.3 is 5.97 Å². The Bertz CT molecular complexity index is 716. The molecule has 1 aromatic heterocycles. The predicted molar refractivity (Wildman–Crippen MR) is 79.2 cm³/mol. The van der Waals surface area contributed by atoms with Crippen molar-refractivity contribution in [3.05, 3.63) is 58.4 Å². The lowest BCUT2D eigenvalue weighted by atomic mass is 10.1. The van der Waals surface area contributed by atoms with Gasteiger partial charge in [0.2, 0.25) is 0 Å². The summed E-state index contributed by atoms with van der Waals surface area (Å²) >= 11 is 0. The molecule has 2 aromatic rings. The fourth-order valence-corrected chi connectivity index (χ4v) is 2.07. The minimum Gasteiger partial charge on any atom is -0.478 e. The van der Waals surface area contributed by atoms with Crippen molar-refractivity contribution >= 4 is 11.7 Å². The van der Waals surface area contributed by atoms with Gasteiger partial charge in [0.1, 0.15) is 6.07 Å². The van der Waals surface area contributed by atoms with Crippen molar-refractivity contribution in [3.8, 4) is 6.07 Å². The first kappa shape index (κ1) is 14.5. The van der Waals surface area contributed by atoms with Crippen LogP contribution in [0.25, 0.3) is 0 Å². The van der Waals surface area contributed by atoms with E-state index in [-0.39, 0.29) is 5.56 Å². The summed E-state index contributed by atoms with van der Waals surface area (Å²) in [5.41, 5.74) is 4.01. The van der Waals surface area contributed by atoms with Crippen LogP contribution in [-0.4, -0.2) is 16.1 Å². The van der Waals surface area contributed by atoms with Crippen molar-refractivity contribution in [2.24, 2.45) is 0 Å². The average Bonchev–Trinajstić information content (AvgIpc) is 2.45. The lowest BCUT2D eigenvalue weighted by Crippen LogP contribution is -2.05. The number of hydrogen-bond donors (Lipinski definition) is 2. The number of carboxylic acid groups (broad SMARTS) is 1. The molecule has 5 nitrogen and oxygen atoms in total. The molecule has 0 aliphatic rings. The first-order valence-electron chi connectivity index (χ1n) is 6.45. The van der Waals surface area contributed by atoms with Gasteiger partial charge in [0, 0.05) is 12.2 Å². The van der Waals surface area contributed by atoms with Crippen molar-refractivity contribution < 1.29 is 9.90 Å². The van der Waals surface area contributed by atoms with Crippen LogP contribution in [0, 0.1) is 25.2 Å². The number of rotatable bonds is 4. The molecule has 0 fully saturated rings. The smallest absolute Gasteiger partial charge is 0.335 e. The third-order valence-corrected chi connectivity index (χ3v) is 3.12. The van der Waals surface area contributed by atoms with E-state index in [2.05, 4.69) is 16.4 Å². The maximum atomic E-state index is 10.8. The zero-order chi connectivity index (χ0) is 15.4. The van der Waals surface area contributed by atoms with E-state index in [1.165, 1.54) is 0 Å². The van der Waals surface area contributed by atoms with Crippen molar-refractivity contribution in [2.45, 2.75) is 20.4 Å². The minimum absolute atomic E-state index is 0.257. The van der Waals surface area contributed by atoms with E-state index < -0.39 is 5.97 Å². The minimum atomic E-state index is -0.943. The molecule has 0 saturated carbocycles. The zero-order valence-corrected chi connectivity index (χ0v) is 11.8.